The summed E-state index contributed by atoms with van der Waals surface area (Å²) in [5.74, 6) is 0.857. The summed E-state index contributed by atoms with van der Waals surface area (Å²) in [5.41, 5.74) is 2.97. The van der Waals surface area contributed by atoms with Gasteiger partial charge in [-0.1, -0.05) is 48.5 Å². The van der Waals surface area contributed by atoms with Gasteiger partial charge in [-0.25, -0.2) is 4.98 Å². The molecule has 0 bridgehead atoms. The Hall–Kier alpha value is -2.92. The van der Waals surface area contributed by atoms with Gasteiger partial charge < -0.3 is 10.1 Å². The van der Waals surface area contributed by atoms with E-state index in [0.29, 0.717) is 19.5 Å². The van der Waals surface area contributed by atoms with Crippen LogP contribution in [-0.2, 0) is 17.8 Å². The predicted molar refractivity (Wildman–Crippen MR) is 106 cm³/mol. The first-order valence-corrected chi connectivity index (χ1v) is 9.23. The molecule has 5 heteroatoms. The number of methoxy groups -OCH3 is 1. The number of hydrogen-bond donors (Lipinski definition) is 1. The topological polar surface area (TPSA) is 54.5 Å². The highest BCUT2D eigenvalue weighted by atomic mass is 16.5. The second-order valence-electron chi connectivity index (χ2n) is 6.80. The number of pyridine rings is 1. The van der Waals surface area contributed by atoms with Crippen molar-refractivity contribution >= 4 is 16.8 Å². The molecular formula is C22H23N3O2. The molecule has 2 heterocycles. The number of amides is 1. The van der Waals surface area contributed by atoms with Gasteiger partial charge in [-0.15, -0.1) is 0 Å². The minimum absolute atomic E-state index is 0.0865. The minimum Gasteiger partial charge on any atom is -0.494 e. The number of carbonyl (C=O) groups is 1. The van der Waals surface area contributed by atoms with E-state index < -0.39 is 0 Å². The van der Waals surface area contributed by atoms with Crippen molar-refractivity contribution in [2.45, 2.75) is 19.0 Å². The van der Waals surface area contributed by atoms with Crippen LogP contribution in [0.1, 0.15) is 11.3 Å². The van der Waals surface area contributed by atoms with Crippen molar-refractivity contribution in [3.63, 3.8) is 0 Å². The number of para-hydroxylation sites is 1. The lowest BCUT2D eigenvalue weighted by Gasteiger charge is -2.35. The van der Waals surface area contributed by atoms with Gasteiger partial charge in [0.05, 0.1) is 18.8 Å². The second kappa shape index (κ2) is 7.76. The van der Waals surface area contributed by atoms with E-state index in [1.165, 1.54) is 0 Å². The molecule has 2 aromatic carbocycles. The minimum atomic E-state index is -0.184. The number of aromatic nitrogens is 1. The molecule has 1 amide bonds. The average molecular weight is 361 g/mol. The molecule has 138 valence electrons. The highest BCUT2D eigenvalue weighted by Crippen LogP contribution is 2.24. The lowest BCUT2D eigenvalue weighted by atomic mass is 10.0. The van der Waals surface area contributed by atoms with Crippen LogP contribution in [0.2, 0.25) is 0 Å². The van der Waals surface area contributed by atoms with E-state index in [1.54, 1.807) is 7.11 Å². The number of fused-ring (bicyclic) bond motifs is 1. The quantitative estimate of drug-likeness (QED) is 0.759. The number of nitrogens with zero attached hydrogens (tertiary/aromatic N) is 2. The van der Waals surface area contributed by atoms with E-state index in [2.05, 4.69) is 28.4 Å². The summed E-state index contributed by atoms with van der Waals surface area (Å²) in [7, 11) is 1.66. The van der Waals surface area contributed by atoms with Crippen molar-refractivity contribution in [1.29, 1.82) is 0 Å². The van der Waals surface area contributed by atoms with Crippen LogP contribution in [0.25, 0.3) is 10.9 Å². The zero-order valence-electron chi connectivity index (χ0n) is 15.4. The van der Waals surface area contributed by atoms with Crippen LogP contribution in [0.5, 0.6) is 5.75 Å². The molecule has 4 rings (SSSR count). The Morgan fingerprint density at radius 2 is 1.96 bits per heavy atom. The molecule has 1 atom stereocenters. The van der Waals surface area contributed by atoms with Crippen molar-refractivity contribution in [3.05, 3.63) is 71.9 Å². The number of piperazine rings is 1. The Balaban J connectivity index is 1.59. The van der Waals surface area contributed by atoms with Gasteiger partial charge in [0.1, 0.15) is 11.3 Å². The Kier molecular flexibility index (Phi) is 5.03. The van der Waals surface area contributed by atoms with Crippen LogP contribution in [0, 0.1) is 0 Å². The first-order chi connectivity index (χ1) is 13.2. The van der Waals surface area contributed by atoms with Crippen molar-refractivity contribution in [2.75, 3.05) is 20.2 Å². The molecule has 0 aliphatic carbocycles. The Labute approximate surface area is 159 Å². The van der Waals surface area contributed by atoms with E-state index in [0.717, 1.165) is 34.5 Å². The van der Waals surface area contributed by atoms with Crippen LogP contribution in [0.15, 0.2) is 60.7 Å². The average Bonchev–Trinajstić information content (AvgIpc) is 2.71. The molecule has 1 aliphatic heterocycles. The summed E-state index contributed by atoms with van der Waals surface area (Å²) in [6.07, 6.45) is 0.698. The molecule has 3 aromatic rings. The zero-order valence-corrected chi connectivity index (χ0v) is 15.4. The highest BCUT2D eigenvalue weighted by Gasteiger charge is 2.30. The van der Waals surface area contributed by atoms with Crippen LogP contribution in [-0.4, -0.2) is 42.0 Å². The number of hydrogen-bond acceptors (Lipinski definition) is 4. The molecule has 5 nitrogen and oxygen atoms in total. The maximum absolute atomic E-state index is 12.5. The monoisotopic (exact) mass is 361 g/mol. The molecule has 1 saturated heterocycles. The van der Waals surface area contributed by atoms with Gasteiger partial charge in [0.15, 0.2) is 0 Å². The van der Waals surface area contributed by atoms with Gasteiger partial charge in [-0.3, -0.25) is 9.69 Å². The molecule has 27 heavy (non-hydrogen) atoms. The molecule has 0 saturated carbocycles. The summed E-state index contributed by atoms with van der Waals surface area (Å²) >= 11 is 0. The third-order valence-electron chi connectivity index (χ3n) is 5.04. The van der Waals surface area contributed by atoms with Gasteiger partial charge >= 0.3 is 0 Å². The number of nitrogens with one attached hydrogen (secondary N) is 1. The van der Waals surface area contributed by atoms with Gasteiger partial charge in [0.25, 0.3) is 0 Å². The van der Waals surface area contributed by atoms with Crippen LogP contribution < -0.4 is 10.1 Å². The number of rotatable bonds is 5. The fourth-order valence-corrected chi connectivity index (χ4v) is 3.63. The maximum atomic E-state index is 12.5. The van der Waals surface area contributed by atoms with Gasteiger partial charge in [-0.05, 0) is 24.1 Å². The second-order valence-corrected chi connectivity index (χ2v) is 6.80. The number of ether oxygens (including phenoxy) is 1. The smallest absolute Gasteiger partial charge is 0.237 e. The normalized spacial score (nSPS) is 17.7. The molecule has 1 fully saturated rings. The zero-order chi connectivity index (χ0) is 18.6. The SMILES string of the molecule is COc1cccc2ccc(CN3CCNC(=O)[C@@H]3Cc3ccccc3)nc12. The van der Waals surface area contributed by atoms with Crippen molar-refractivity contribution < 1.29 is 9.53 Å². The lowest BCUT2D eigenvalue weighted by molar-refractivity contribution is -0.129. The molecule has 0 spiro atoms. The first kappa shape index (κ1) is 17.5. The fraction of sp³-hybridized carbons (Fsp3) is 0.273. The summed E-state index contributed by atoms with van der Waals surface area (Å²) < 4.78 is 5.45. The van der Waals surface area contributed by atoms with E-state index >= 15 is 0 Å². The van der Waals surface area contributed by atoms with Crippen molar-refractivity contribution in [2.24, 2.45) is 0 Å². The van der Waals surface area contributed by atoms with E-state index in [4.69, 9.17) is 9.72 Å². The molecule has 1 aliphatic rings. The number of benzene rings is 2. The third-order valence-corrected chi connectivity index (χ3v) is 5.04. The largest absolute Gasteiger partial charge is 0.494 e. The molecule has 1 N–H and O–H groups in total. The van der Waals surface area contributed by atoms with E-state index in [1.807, 2.05) is 42.5 Å². The maximum Gasteiger partial charge on any atom is 0.237 e. The predicted octanol–water partition coefficient (Wildman–Crippen LogP) is 2.79. The Morgan fingerprint density at radius 3 is 2.78 bits per heavy atom. The lowest BCUT2D eigenvalue weighted by Crippen LogP contribution is -2.55. The third kappa shape index (κ3) is 3.78. The van der Waals surface area contributed by atoms with Gasteiger partial charge in [0, 0.05) is 25.0 Å². The Bertz CT molecular complexity index is 943. The molecule has 0 unspecified atom stereocenters. The molecular weight excluding hydrogens is 338 g/mol. The summed E-state index contributed by atoms with van der Waals surface area (Å²) in [5, 5.41) is 4.05. The van der Waals surface area contributed by atoms with Crippen LogP contribution in [0.3, 0.4) is 0 Å². The molecule has 0 radical (unpaired) electrons. The summed E-state index contributed by atoms with van der Waals surface area (Å²) in [6.45, 7) is 2.12. The van der Waals surface area contributed by atoms with Gasteiger partial charge in [0.2, 0.25) is 5.91 Å². The van der Waals surface area contributed by atoms with E-state index in [9.17, 15) is 4.79 Å². The summed E-state index contributed by atoms with van der Waals surface area (Å²) in [4.78, 5) is 19.5. The van der Waals surface area contributed by atoms with Crippen LogP contribution >= 0.6 is 0 Å². The standard InChI is InChI=1S/C22H23N3O2/c1-27-20-9-5-8-17-10-11-18(24-21(17)20)15-25-13-12-23-22(26)19(25)14-16-6-3-2-4-7-16/h2-11,19H,12-15H2,1H3,(H,23,26)/t19-/m0/s1. The van der Waals surface area contributed by atoms with Crippen molar-refractivity contribution in [3.8, 4) is 5.75 Å². The Morgan fingerprint density at radius 1 is 1.11 bits per heavy atom. The van der Waals surface area contributed by atoms with Crippen molar-refractivity contribution in [1.82, 2.24) is 15.2 Å². The first-order valence-electron chi connectivity index (χ1n) is 9.23. The molecule has 1 aromatic heterocycles. The highest BCUT2D eigenvalue weighted by molar-refractivity contribution is 5.84. The van der Waals surface area contributed by atoms with Gasteiger partial charge in [-0.2, -0.15) is 0 Å². The number of carbonyl (C=O) groups excluding carboxylic acids is 1. The van der Waals surface area contributed by atoms with Crippen LogP contribution in [0.4, 0.5) is 0 Å². The fourth-order valence-electron chi connectivity index (χ4n) is 3.63. The summed E-state index contributed by atoms with van der Waals surface area (Å²) in [6, 6.07) is 20.0. The van der Waals surface area contributed by atoms with E-state index in [-0.39, 0.29) is 11.9 Å².